The van der Waals surface area contributed by atoms with Crippen LogP contribution in [0.3, 0.4) is 0 Å². The van der Waals surface area contributed by atoms with Gasteiger partial charge >= 0.3 is 5.97 Å². The van der Waals surface area contributed by atoms with Crippen molar-refractivity contribution in [2.45, 2.75) is 0 Å². The molecule has 0 aliphatic rings. The molecule has 0 aliphatic carbocycles. The number of fused-ring (bicyclic) bond motifs is 1. The minimum absolute atomic E-state index is 0.0213. The Morgan fingerprint density at radius 1 is 0.955 bits per heavy atom. The van der Waals surface area contributed by atoms with Gasteiger partial charge in [-0.2, -0.15) is 0 Å². The Kier molecular flexibility index (Phi) is 3.61. The molecule has 0 spiro atoms. The van der Waals surface area contributed by atoms with E-state index in [1.807, 2.05) is 0 Å². The van der Waals surface area contributed by atoms with Gasteiger partial charge in [0, 0.05) is 10.4 Å². The van der Waals surface area contributed by atoms with Crippen LogP contribution >= 0.6 is 11.6 Å². The van der Waals surface area contributed by atoms with Crippen molar-refractivity contribution >= 4 is 28.3 Å². The Morgan fingerprint density at radius 3 is 2.41 bits per heavy atom. The predicted molar refractivity (Wildman–Crippen MR) is 83.7 cm³/mol. The van der Waals surface area contributed by atoms with Crippen LogP contribution in [-0.2, 0) is 0 Å². The Balaban J connectivity index is 1.97. The maximum atomic E-state index is 12.2. The molecule has 3 aromatic rings. The van der Waals surface area contributed by atoms with E-state index in [1.54, 1.807) is 36.4 Å². The molecule has 110 valence electrons. The van der Waals surface area contributed by atoms with Crippen LogP contribution in [0.15, 0.2) is 54.6 Å². The summed E-state index contributed by atoms with van der Waals surface area (Å²) in [6, 6.07) is 14.0. The van der Waals surface area contributed by atoms with Crippen molar-refractivity contribution in [2.75, 3.05) is 0 Å². The van der Waals surface area contributed by atoms with Gasteiger partial charge in [0.25, 0.3) is 0 Å². The zero-order valence-electron chi connectivity index (χ0n) is 11.3. The van der Waals surface area contributed by atoms with Gasteiger partial charge in [0.15, 0.2) is 0 Å². The maximum absolute atomic E-state index is 12.2. The number of aromatic hydroxyl groups is 2. The highest BCUT2D eigenvalue weighted by Crippen LogP contribution is 2.31. The number of carbonyl (C=O) groups excluding carboxylic acids is 1. The Bertz CT molecular complexity index is 856. The van der Waals surface area contributed by atoms with E-state index in [9.17, 15) is 15.0 Å². The summed E-state index contributed by atoms with van der Waals surface area (Å²) >= 11 is 5.77. The van der Waals surface area contributed by atoms with Gasteiger partial charge in [-0.1, -0.05) is 23.7 Å². The van der Waals surface area contributed by atoms with Crippen molar-refractivity contribution in [3.8, 4) is 17.2 Å². The van der Waals surface area contributed by atoms with Gasteiger partial charge in [0.05, 0.1) is 0 Å². The highest BCUT2D eigenvalue weighted by molar-refractivity contribution is 6.30. The lowest BCUT2D eigenvalue weighted by Gasteiger charge is -2.08. The van der Waals surface area contributed by atoms with E-state index in [1.165, 1.54) is 18.2 Å². The number of esters is 1. The maximum Gasteiger partial charge on any atom is 0.347 e. The SMILES string of the molecule is O=C(Oc1ccc(Cl)cc1)c1cc2cccc(O)c2cc1O. The Hall–Kier alpha value is -2.72. The standard InChI is InChI=1S/C17H11ClO4/c18-11-4-6-12(7-5-11)22-17(21)14-8-10-2-1-3-15(19)13(10)9-16(14)20/h1-9,19-20H. The third-order valence-corrected chi connectivity index (χ3v) is 3.47. The largest absolute Gasteiger partial charge is 0.507 e. The average Bonchev–Trinajstić information content (AvgIpc) is 2.50. The van der Waals surface area contributed by atoms with Gasteiger partial charge in [0.2, 0.25) is 0 Å². The van der Waals surface area contributed by atoms with Gasteiger partial charge in [0.1, 0.15) is 22.8 Å². The smallest absolute Gasteiger partial charge is 0.347 e. The summed E-state index contributed by atoms with van der Waals surface area (Å²) in [5.74, 6) is -0.590. The molecule has 0 saturated carbocycles. The van der Waals surface area contributed by atoms with Gasteiger partial charge in [-0.3, -0.25) is 0 Å². The van der Waals surface area contributed by atoms with Gasteiger partial charge in [-0.15, -0.1) is 0 Å². The van der Waals surface area contributed by atoms with E-state index in [0.29, 0.717) is 21.5 Å². The van der Waals surface area contributed by atoms with Crippen molar-refractivity contribution in [2.24, 2.45) is 0 Å². The lowest BCUT2D eigenvalue weighted by molar-refractivity contribution is 0.0732. The van der Waals surface area contributed by atoms with Crippen molar-refractivity contribution in [1.29, 1.82) is 0 Å². The van der Waals surface area contributed by atoms with E-state index >= 15 is 0 Å². The number of phenols is 2. The third kappa shape index (κ3) is 2.69. The van der Waals surface area contributed by atoms with Gasteiger partial charge in [-0.05, 0) is 47.9 Å². The first-order valence-electron chi connectivity index (χ1n) is 6.47. The van der Waals surface area contributed by atoms with E-state index in [0.717, 1.165) is 0 Å². The van der Waals surface area contributed by atoms with Crippen LogP contribution < -0.4 is 4.74 Å². The molecule has 0 unspecified atom stereocenters. The van der Waals surface area contributed by atoms with E-state index in [2.05, 4.69) is 0 Å². The van der Waals surface area contributed by atoms with Gasteiger partial charge in [-0.25, -0.2) is 4.79 Å². The number of ether oxygens (including phenoxy) is 1. The number of carbonyl (C=O) groups is 1. The fourth-order valence-corrected chi connectivity index (χ4v) is 2.25. The van der Waals surface area contributed by atoms with Crippen LogP contribution in [0.2, 0.25) is 5.02 Å². The topological polar surface area (TPSA) is 66.8 Å². The first-order chi connectivity index (χ1) is 10.5. The highest BCUT2D eigenvalue weighted by atomic mass is 35.5. The van der Waals surface area contributed by atoms with Crippen LogP contribution in [-0.4, -0.2) is 16.2 Å². The van der Waals surface area contributed by atoms with Crippen LogP contribution in [0.5, 0.6) is 17.2 Å². The summed E-state index contributed by atoms with van der Waals surface area (Å²) in [5, 5.41) is 21.4. The lowest BCUT2D eigenvalue weighted by Crippen LogP contribution is -2.08. The molecule has 3 aromatic carbocycles. The summed E-state index contributed by atoms with van der Waals surface area (Å²) in [6.45, 7) is 0. The second-order valence-electron chi connectivity index (χ2n) is 4.71. The summed E-state index contributed by atoms with van der Waals surface area (Å²) < 4.78 is 5.20. The minimum Gasteiger partial charge on any atom is -0.507 e. The molecule has 3 rings (SSSR count). The number of benzene rings is 3. The van der Waals surface area contributed by atoms with Crippen molar-refractivity contribution < 1.29 is 19.7 Å². The number of rotatable bonds is 2. The molecule has 5 heteroatoms. The molecule has 0 fully saturated rings. The Morgan fingerprint density at radius 2 is 1.68 bits per heavy atom. The quantitative estimate of drug-likeness (QED) is 0.551. The molecule has 4 nitrogen and oxygen atoms in total. The third-order valence-electron chi connectivity index (χ3n) is 3.22. The second kappa shape index (κ2) is 5.58. The lowest BCUT2D eigenvalue weighted by atomic mass is 10.1. The molecule has 0 saturated heterocycles. The number of hydrogen-bond donors (Lipinski definition) is 2. The monoisotopic (exact) mass is 314 g/mol. The first kappa shape index (κ1) is 14.2. The zero-order chi connectivity index (χ0) is 15.7. The molecular formula is C17H11ClO4. The zero-order valence-corrected chi connectivity index (χ0v) is 12.0. The fraction of sp³-hybridized carbons (Fsp3) is 0. The van der Waals surface area contributed by atoms with Crippen molar-refractivity contribution in [3.63, 3.8) is 0 Å². The molecule has 0 amide bonds. The average molecular weight is 315 g/mol. The summed E-state index contributed by atoms with van der Waals surface area (Å²) in [4.78, 5) is 12.2. The summed E-state index contributed by atoms with van der Waals surface area (Å²) in [5.41, 5.74) is 0.0213. The molecule has 2 N–H and O–H groups in total. The van der Waals surface area contributed by atoms with E-state index in [-0.39, 0.29) is 17.1 Å². The van der Waals surface area contributed by atoms with Crippen molar-refractivity contribution in [1.82, 2.24) is 0 Å². The number of phenolic OH excluding ortho intramolecular Hbond substituents is 2. The fourth-order valence-electron chi connectivity index (χ4n) is 2.13. The normalized spacial score (nSPS) is 10.6. The Labute approximate surface area is 131 Å². The van der Waals surface area contributed by atoms with E-state index in [4.69, 9.17) is 16.3 Å². The predicted octanol–water partition coefficient (Wildman–Crippen LogP) is 4.12. The van der Waals surface area contributed by atoms with Crippen molar-refractivity contribution in [3.05, 3.63) is 65.2 Å². The highest BCUT2D eigenvalue weighted by Gasteiger charge is 2.16. The summed E-state index contributed by atoms with van der Waals surface area (Å²) in [7, 11) is 0. The molecule has 0 radical (unpaired) electrons. The minimum atomic E-state index is -0.690. The molecule has 22 heavy (non-hydrogen) atoms. The van der Waals surface area contributed by atoms with Crippen LogP contribution in [0.25, 0.3) is 10.8 Å². The summed E-state index contributed by atoms with van der Waals surface area (Å²) in [6.07, 6.45) is 0. The van der Waals surface area contributed by atoms with Crippen LogP contribution in [0, 0.1) is 0 Å². The second-order valence-corrected chi connectivity index (χ2v) is 5.15. The molecule has 0 heterocycles. The molecule has 0 atom stereocenters. The van der Waals surface area contributed by atoms with E-state index < -0.39 is 5.97 Å². The van der Waals surface area contributed by atoms with Crippen LogP contribution in [0.4, 0.5) is 0 Å². The molecule has 0 aliphatic heterocycles. The molecule has 0 bridgehead atoms. The first-order valence-corrected chi connectivity index (χ1v) is 6.85. The molecule has 0 aromatic heterocycles. The molecular weight excluding hydrogens is 304 g/mol. The number of halogens is 1. The number of hydrogen-bond acceptors (Lipinski definition) is 4. The van der Waals surface area contributed by atoms with Gasteiger partial charge < -0.3 is 14.9 Å². The van der Waals surface area contributed by atoms with Crippen LogP contribution in [0.1, 0.15) is 10.4 Å².